The van der Waals surface area contributed by atoms with Crippen LogP contribution in [0.5, 0.6) is 0 Å². The third-order valence-corrected chi connectivity index (χ3v) is 4.89. The number of ether oxygens (including phenoxy) is 1. The van der Waals surface area contributed by atoms with Crippen LogP contribution in [0.15, 0.2) is 0 Å². The minimum atomic E-state index is -0.0855. The molecule has 0 saturated carbocycles. The van der Waals surface area contributed by atoms with Crippen LogP contribution >= 0.6 is 0 Å². The molecular weight excluding hydrogens is 266 g/mol. The first kappa shape index (κ1) is 16.7. The maximum atomic E-state index is 12.2. The molecule has 2 unspecified atom stereocenters. The van der Waals surface area contributed by atoms with Gasteiger partial charge in [0, 0.05) is 25.7 Å². The van der Waals surface area contributed by atoms with E-state index in [0.717, 1.165) is 39.1 Å². The molecular formula is C16H31N3O2. The highest BCUT2D eigenvalue weighted by Crippen LogP contribution is 2.17. The summed E-state index contributed by atoms with van der Waals surface area (Å²) in [5.74, 6) is 0.109. The van der Waals surface area contributed by atoms with Crippen LogP contribution in [0.3, 0.4) is 0 Å². The van der Waals surface area contributed by atoms with Gasteiger partial charge in [0.25, 0.3) is 0 Å². The van der Waals surface area contributed by atoms with Crippen molar-refractivity contribution in [1.82, 2.24) is 9.80 Å². The van der Waals surface area contributed by atoms with E-state index in [1.54, 1.807) is 0 Å². The third-order valence-electron chi connectivity index (χ3n) is 4.89. The Morgan fingerprint density at radius 2 is 1.81 bits per heavy atom. The zero-order valence-corrected chi connectivity index (χ0v) is 13.6. The summed E-state index contributed by atoms with van der Waals surface area (Å²) in [6.45, 7) is 9.78. The van der Waals surface area contributed by atoms with Gasteiger partial charge < -0.3 is 20.3 Å². The van der Waals surface area contributed by atoms with E-state index < -0.39 is 0 Å². The average molecular weight is 297 g/mol. The molecule has 2 aliphatic heterocycles. The topological polar surface area (TPSA) is 58.8 Å². The van der Waals surface area contributed by atoms with Gasteiger partial charge in [0.1, 0.15) is 0 Å². The van der Waals surface area contributed by atoms with Crippen molar-refractivity contribution in [2.24, 2.45) is 11.7 Å². The number of rotatable bonds is 6. The van der Waals surface area contributed by atoms with Gasteiger partial charge in [-0.1, -0.05) is 6.92 Å². The van der Waals surface area contributed by atoms with Crippen LogP contribution in [0.2, 0.25) is 0 Å². The molecule has 0 aliphatic carbocycles. The summed E-state index contributed by atoms with van der Waals surface area (Å²) in [7, 11) is 0. The predicted molar refractivity (Wildman–Crippen MR) is 84.0 cm³/mol. The Kier molecular flexibility index (Phi) is 6.45. The van der Waals surface area contributed by atoms with Crippen molar-refractivity contribution in [2.75, 3.05) is 39.3 Å². The Morgan fingerprint density at radius 1 is 1.19 bits per heavy atom. The van der Waals surface area contributed by atoms with Gasteiger partial charge in [-0.05, 0) is 45.7 Å². The lowest BCUT2D eigenvalue weighted by atomic mass is 10.0. The largest absolute Gasteiger partial charge is 0.377 e. The SMILES string of the molecule is CC(N)C(C)C(=O)N1CCC(OCCN2CCCC2)CC1. The zero-order valence-electron chi connectivity index (χ0n) is 13.6. The van der Waals surface area contributed by atoms with Gasteiger partial charge in [-0.25, -0.2) is 0 Å². The van der Waals surface area contributed by atoms with Crippen molar-refractivity contribution < 1.29 is 9.53 Å². The number of carbonyl (C=O) groups excluding carboxylic acids is 1. The Bertz CT molecular complexity index is 321. The van der Waals surface area contributed by atoms with Crippen molar-refractivity contribution in [2.45, 2.75) is 51.7 Å². The number of hydrogen-bond acceptors (Lipinski definition) is 4. The molecule has 0 aromatic carbocycles. The highest BCUT2D eigenvalue weighted by atomic mass is 16.5. The third kappa shape index (κ3) is 4.94. The minimum absolute atomic E-state index is 0.0769. The molecule has 2 fully saturated rings. The van der Waals surface area contributed by atoms with Crippen LogP contribution in [-0.4, -0.2) is 67.2 Å². The van der Waals surface area contributed by atoms with Gasteiger partial charge in [0.2, 0.25) is 5.91 Å². The summed E-state index contributed by atoms with van der Waals surface area (Å²) >= 11 is 0. The van der Waals surface area contributed by atoms with E-state index in [2.05, 4.69) is 4.90 Å². The molecule has 0 spiro atoms. The lowest BCUT2D eigenvalue weighted by molar-refractivity contribution is -0.138. The van der Waals surface area contributed by atoms with Crippen LogP contribution in [-0.2, 0) is 9.53 Å². The molecule has 2 N–H and O–H groups in total. The van der Waals surface area contributed by atoms with Gasteiger partial charge in [0.05, 0.1) is 18.6 Å². The predicted octanol–water partition coefficient (Wildman–Crippen LogP) is 1.07. The van der Waals surface area contributed by atoms with E-state index in [1.807, 2.05) is 18.7 Å². The van der Waals surface area contributed by atoms with Crippen LogP contribution in [0.1, 0.15) is 39.5 Å². The van der Waals surface area contributed by atoms with Crippen LogP contribution in [0.25, 0.3) is 0 Å². The van der Waals surface area contributed by atoms with E-state index in [9.17, 15) is 4.79 Å². The maximum absolute atomic E-state index is 12.2. The van der Waals surface area contributed by atoms with Gasteiger partial charge in [-0.15, -0.1) is 0 Å². The summed E-state index contributed by atoms with van der Waals surface area (Å²) < 4.78 is 5.98. The molecule has 1 amide bonds. The highest BCUT2D eigenvalue weighted by Gasteiger charge is 2.27. The molecule has 0 radical (unpaired) electrons. The standard InChI is InChI=1S/C16H31N3O2/c1-13(14(2)17)16(20)19-9-5-15(6-10-19)21-12-11-18-7-3-4-8-18/h13-15H,3-12,17H2,1-2H3. The molecule has 2 aliphatic rings. The second kappa shape index (κ2) is 8.11. The Morgan fingerprint density at radius 3 is 2.38 bits per heavy atom. The summed E-state index contributed by atoms with van der Waals surface area (Å²) in [5, 5.41) is 0. The molecule has 0 aromatic rings. The van der Waals surface area contributed by atoms with Crippen molar-refractivity contribution in [3.8, 4) is 0 Å². The number of nitrogens with zero attached hydrogens (tertiary/aromatic N) is 2. The summed E-state index contributed by atoms with van der Waals surface area (Å²) in [6.07, 6.45) is 4.90. The molecule has 5 heteroatoms. The number of amides is 1. The van der Waals surface area contributed by atoms with E-state index in [1.165, 1.54) is 25.9 Å². The maximum Gasteiger partial charge on any atom is 0.226 e. The lowest BCUT2D eigenvalue weighted by Crippen LogP contribution is -2.46. The average Bonchev–Trinajstić information content (AvgIpc) is 2.99. The van der Waals surface area contributed by atoms with E-state index >= 15 is 0 Å². The first-order valence-electron chi connectivity index (χ1n) is 8.46. The van der Waals surface area contributed by atoms with Crippen molar-refractivity contribution in [3.05, 3.63) is 0 Å². The summed E-state index contributed by atoms with van der Waals surface area (Å²) in [4.78, 5) is 16.7. The van der Waals surface area contributed by atoms with Gasteiger partial charge in [0.15, 0.2) is 0 Å². The fourth-order valence-corrected chi connectivity index (χ4v) is 3.11. The second-order valence-electron chi connectivity index (χ2n) is 6.59. The minimum Gasteiger partial charge on any atom is -0.377 e. The van der Waals surface area contributed by atoms with Gasteiger partial charge >= 0.3 is 0 Å². The van der Waals surface area contributed by atoms with Crippen LogP contribution < -0.4 is 5.73 Å². The second-order valence-corrected chi connectivity index (χ2v) is 6.59. The Balaban J connectivity index is 1.62. The molecule has 2 heterocycles. The molecule has 2 saturated heterocycles. The smallest absolute Gasteiger partial charge is 0.226 e. The molecule has 0 aromatic heterocycles. The van der Waals surface area contributed by atoms with Crippen molar-refractivity contribution in [1.29, 1.82) is 0 Å². The van der Waals surface area contributed by atoms with Gasteiger partial charge in [-0.2, -0.15) is 0 Å². The fourth-order valence-electron chi connectivity index (χ4n) is 3.11. The molecule has 21 heavy (non-hydrogen) atoms. The van der Waals surface area contributed by atoms with E-state index in [0.29, 0.717) is 6.10 Å². The number of likely N-dealkylation sites (tertiary alicyclic amines) is 2. The van der Waals surface area contributed by atoms with Crippen LogP contribution in [0.4, 0.5) is 0 Å². The van der Waals surface area contributed by atoms with Crippen molar-refractivity contribution >= 4 is 5.91 Å². The highest BCUT2D eigenvalue weighted by molar-refractivity contribution is 5.79. The summed E-state index contributed by atoms with van der Waals surface area (Å²) in [6, 6.07) is -0.0769. The Labute approximate surface area is 128 Å². The number of hydrogen-bond donors (Lipinski definition) is 1. The molecule has 2 atom stereocenters. The molecule has 5 nitrogen and oxygen atoms in total. The Hall–Kier alpha value is -0.650. The molecule has 0 bridgehead atoms. The molecule has 122 valence electrons. The summed E-state index contributed by atoms with van der Waals surface area (Å²) in [5.41, 5.74) is 5.82. The zero-order chi connectivity index (χ0) is 15.2. The van der Waals surface area contributed by atoms with E-state index in [-0.39, 0.29) is 17.9 Å². The first-order valence-corrected chi connectivity index (χ1v) is 8.46. The number of carbonyl (C=O) groups is 1. The molecule has 2 rings (SSSR count). The number of nitrogens with two attached hydrogens (primary N) is 1. The monoisotopic (exact) mass is 297 g/mol. The van der Waals surface area contributed by atoms with Crippen molar-refractivity contribution in [3.63, 3.8) is 0 Å². The fraction of sp³-hybridized carbons (Fsp3) is 0.938. The lowest BCUT2D eigenvalue weighted by Gasteiger charge is -2.34. The van der Waals surface area contributed by atoms with Gasteiger partial charge in [-0.3, -0.25) is 4.79 Å². The van der Waals surface area contributed by atoms with Crippen LogP contribution in [0, 0.1) is 5.92 Å². The normalized spacial score (nSPS) is 24.2. The quantitative estimate of drug-likeness (QED) is 0.797. The van der Waals surface area contributed by atoms with E-state index in [4.69, 9.17) is 10.5 Å². The first-order chi connectivity index (χ1) is 10.1. The number of piperidine rings is 1.